The number of hydrogen-bond acceptors (Lipinski definition) is 2. The molecule has 0 aliphatic heterocycles. The number of halogens is 1. The van der Waals surface area contributed by atoms with Gasteiger partial charge in [0, 0.05) is 24.0 Å². The number of benzene rings is 1. The third-order valence-electron chi connectivity index (χ3n) is 3.42. The lowest BCUT2D eigenvalue weighted by molar-refractivity contribution is -0.140. The molecule has 1 atom stereocenters. The third kappa shape index (κ3) is 5.79. The Morgan fingerprint density at radius 3 is 2.27 bits per heavy atom. The molecule has 0 saturated carbocycles. The zero-order chi connectivity index (χ0) is 16.7. The topological polar surface area (TPSA) is 49.4 Å². The van der Waals surface area contributed by atoms with Gasteiger partial charge in [-0.25, -0.2) is 0 Å². The molecule has 0 heterocycles. The van der Waals surface area contributed by atoms with Gasteiger partial charge in [0.05, 0.1) is 0 Å². The molecule has 1 aromatic rings. The van der Waals surface area contributed by atoms with Crippen LogP contribution in [0.5, 0.6) is 0 Å². The number of nitrogens with zero attached hydrogens (tertiary/aromatic N) is 1. The Morgan fingerprint density at radius 1 is 1.18 bits per heavy atom. The van der Waals surface area contributed by atoms with E-state index in [0.29, 0.717) is 25.4 Å². The monoisotopic (exact) mass is 368 g/mol. The second kappa shape index (κ2) is 8.93. The average Bonchev–Trinajstić information content (AvgIpc) is 2.50. The van der Waals surface area contributed by atoms with Gasteiger partial charge in [0.2, 0.25) is 11.8 Å². The number of amides is 2. The van der Waals surface area contributed by atoms with Crippen LogP contribution in [0.15, 0.2) is 28.7 Å². The summed E-state index contributed by atoms with van der Waals surface area (Å²) in [7, 11) is 0. The molecule has 0 spiro atoms. The minimum absolute atomic E-state index is 0.0184. The maximum Gasteiger partial charge on any atom is 0.242 e. The number of carbonyl (C=O) groups is 2. The van der Waals surface area contributed by atoms with Crippen molar-refractivity contribution in [1.82, 2.24) is 10.2 Å². The molecule has 4 nitrogen and oxygen atoms in total. The van der Waals surface area contributed by atoms with E-state index in [2.05, 4.69) is 21.2 Å². The van der Waals surface area contributed by atoms with Crippen LogP contribution < -0.4 is 5.32 Å². The summed E-state index contributed by atoms with van der Waals surface area (Å²) in [6.45, 7) is 8.74. The minimum Gasteiger partial charge on any atom is -0.354 e. The molecule has 1 rings (SSSR count). The van der Waals surface area contributed by atoms with Gasteiger partial charge < -0.3 is 10.2 Å². The van der Waals surface area contributed by atoms with Crippen molar-refractivity contribution in [2.45, 2.75) is 46.7 Å². The van der Waals surface area contributed by atoms with Gasteiger partial charge in [0.15, 0.2) is 0 Å². The van der Waals surface area contributed by atoms with Gasteiger partial charge in [-0.3, -0.25) is 9.59 Å². The van der Waals surface area contributed by atoms with Gasteiger partial charge in [-0.2, -0.15) is 0 Å². The molecule has 0 aliphatic rings. The first-order chi connectivity index (χ1) is 10.3. The summed E-state index contributed by atoms with van der Waals surface area (Å²) in [5.41, 5.74) is 1.01. The molecule has 5 heteroatoms. The Kier molecular flexibility index (Phi) is 7.59. The normalized spacial score (nSPS) is 12.1. The number of hydrogen-bond donors (Lipinski definition) is 1. The van der Waals surface area contributed by atoms with Crippen molar-refractivity contribution in [2.75, 3.05) is 6.54 Å². The second-order valence-corrected chi connectivity index (χ2v) is 6.73. The molecule has 22 heavy (non-hydrogen) atoms. The first kappa shape index (κ1) is 18.7. The smallest absolute Gasteiger partial charge is 0.242 e. The van der Waals surface area contributed by atoms with Crippen molar-refractivity contribution in [1.29, 1.82) is 0 Å². The first-order valence-corrected chi connectivity index (χ1v) is 8.46. The Morgan fingerprint density at radius 2 is 1.77 bits per heavy atom. The lowest BCUT2D eigenvalue weighted by Gasteiger charge is -2.28. The molecular weight excluding hydrogens is 344 g/mol. The molecule has 0 bridgehead atoms. The minimum atomic E-state index is -0.477. The van der Waals surface area contributed by atoms with E-state index in [1.54, 1.807) is 11.8 Å². The Labute approximate surface area is 141 Å². The van der Waals surface area contributed by atoms with Crippen molar-refractivity contribution in [3.8, 4) is 0 Å². The molecule has 122 valence electrons. The third-order valence-corrected chi connectivity index (χ3v) is 3.95. The summed E-state index contributed by atoms with van der Waals surface area (Å²) in [6, 6.07) is 7.31. The van der Waals surface area contributed by atoms with Crippen LogP contribution in [0.1, 0.15) is 39.7 Å². The molecule has 0 radical (unpaired) electrons. The molecule has 0 aliphatic carbocycles. The molecule has 1 aromatic carbocycles. The highest BCUT2D eigenvalue weighted by molar-refractivity contribution is 9.10. The Hall–Kier alpha value is -1.36. The zero-order valence-corrected chi connectivity index (χ0v) is 15.3. The highest BCUT2D eigenvalue weighted by Crippen LogP contribution is 2.14. The second-order valence-electron chi connectivity index (χ2n) is 5.82. The van der Waals surface area contributed by atoms with Gasteiger partial charge >= 0.3 is 0 Å². The van der Waals surface area contributed by atoms with Crippen molar-refractivity contribution in [2.24, 2.45) is 5.92 Å². The van der Waals surface area contributed by atoms with Crippen LogP contribution >= 0.6 is 15.9 Å². The number of carbonyl (C=O) groups excluding carboxylic acids is 2. The molecule has 0 unspecified atom stereocenters. The SMILES string of the molecule is CCC(=O)N(Cc1ccc(Br)cc1)[C@@H](C)C(=O)NCC(C)C. The molecule has 2 amide bonds. The number of nitrogens with one attached hydrogen (secondary N) is 1. The van der Waals surface area contributed by atoms with Gasteiger partial charge in [-0.05, 0) is 30.5 Å². The van der Waals surface area contributed by atoms with E-state index in [1.165, 1.54) is 0 Å². The standard InChI is InChI=1S/C17H25BrN2O2/c1-5-16(21)20(11-14-6-8-15(18)9-7-14)13(4)17(22)19-10-12(2)3/h6-9,12-13H,5,10-11H2,1-4H3,(H,19,22)/t13-/m0/s1. The average molecular weight is 369 g/mol. The predicted octanol–water partition coefficient (Wildman–Crippen LogP) is 3.35. The fraction of sp³-hybridized carbons (Fsp3) is 0.529. The van der Waals surface area contributed by atoms with E-state index in [9.17, 15) is 9.59 Å². The van der Waals surface area contributed by atoms with Crippen LogP contribution in [0.25, 0.3) is 0 Å². The lowest BCUT2D eigenvalue weighted by Crippen LogP contribution is -2.48. The van der Waals surface area contributed by atoms with E-state index in [4.69, 9.17) is 0 Å². The molecule has 0 saturated heterocycles. The lowest BCUT2D eigenvalue weighted by atomic mass is 10.1. The molecule has 1 N–H and O–H groups in total. The van der Waals surface area contributed by atoms with E-state index in [1.807, 2.05) is 45.0 Å². The van der Waals surface area contributed by atoms with Crippen LogP contribution in [-0.4, -0.2) is 29.3 Å². The zero-order valence-electron chi connectivity index (χ0n) is 13.7. The van der Waals surface area contributed by atoms with E-state index >= 15 is 0 Å². The van der Waals surface area contributed by atoms with Crippen molar-refractivity contribution < 1.29 is 9.59 Å². The maximum atomic E-state index is 12.2. The molecule has 0 aromatic heterocycles. The van der Waals surface area contributed by atoms with Gasteiger partial charge in [0.25, 0.3) is 0 Å². The molecule has 0 fully saturated rings. The summed E-state index contributed by atoms with van der Waals surface area (Å²) >= 11 is 3.40. The predicted molar refractivity (Wildman–Crippen MR) is 92.3 cm³/mol. The maximum absolute atomic E-state index is 12.2. The first-order valence-electron chi connectivity index (χ1n) is 7.66. The number of rotatable bonds is 7. The summed E-state index contributed by atoms with van der Waals surface area (Å²) in [6.07, 6.45) is 0.387. The van der Waals surface area contributed by atoms with Crippen LogP contribution in [0.2, 0.25) is 0 Å². The Balaban J connectivity index is 2.81. The van der Waals surface area contributed by atoms with E-state index in [0.717, 1.165) is 10.0 Å². The summed E-state index contributed by atoms with van der Waals surface area (Å²) in [4.78, 5) is 26.1. The highest BCUT2D eigenvalue weighted by atomic mass is 79.9. The Bertz CT molecular complexity index is 500. The fourth-order valence-corrected chi connectivity index (χ4v) is 2.29. The largest absolute Gasteiger partial charge is 0.354 e. The summed E-state index contributed by atoms with van der Waals surface area (Å²) < 4.78 is 0.993. The van der Waals surface area contributed by atoms with Crippen LogP contribution in [0.3, 0.4) is 0 Å². The molecular formula is C17H25BrN2O2. The van der Waals surface area contributed by atoms with Crippen LogP contribution in [-0.2, 0) is 16.1 Å². The summed E-state index contributed by atoms with van der Waals surface area (Å²) in [5, 5.41) is 2.90. The fourth-order valence-electron chi connectivity index (χ4n) is 2.02. The van der Waals surface area contributed by atoms with Crippen molar-refractivity contribution >= 4 is 27.7 Å². The van der Waals surface area contributed by atoms with Crippen LogP contribution in [0.4, 0.5) is 0 Å². The van der Waals surface area contributed by atoms with Gasteiger partial charge in [0.1, 0.15) is 6.04 Å². The van der Waals surface area contributed by atoms with Crippen LogP contribution in [0, 0.1) is 5.92 Å². The van der Waals surface area contributed by atoms with Crippen molar-refractivity contribution in [3.05, 3.63) is 34.3 Å². The van der Waals surface area contributed by atoms with Gasteiger partial charge in [-0.1, -0.05) is 48.8 Å². The van der Waals surface area contributed by atoms with E-state index in [-0.39, 0.29) is 11.8 Å². The summed E-state index contributed by atoms with van der Waals surface area (Å²) in [5.74, 6) is 0.265. The van der Waals surface area contributed by atoms with Gasteiger partial charge in [-0.15, -0.1) is 0 Å². The van der Waals surface area contributed by atoms with Crippen molar-refractivity contribution in [3.63, 3.8) is 0 Å². The highest BCUT2D eigenvalue weighted by Gasteiger charge is 2.24. The van der Waals surface area contributed by atoms with E-state index < -0.39 is 6.04 Å². The quantitative estimate of drug-likeness (QED) is 0.801.